The van der Waals surface area contributed by atoms with Gasteiger partial charge in [-0.2, -0.15) is 0 Å². The maximum Gasteiger partial charge on any atom is 0.311 e. The highest BCUT2D eigenvalue weighted by atomic mass is 35.5. The third-order valence-corrected chi connectivity index (χ3v) is 7.08. The van der Waals surface area contributed by atoms with Gasteiger partial charge < -0.3 is 24.2 Å². The van der Waals surface area contributed by atoms with Gasteiger partial charge in [0.25, 0.3) is 0 Å². The molecule has 0 aromatic heterocycles. The second-order valence-electron chi connectivity index (χ2n) is 9.98. The van der Waals surface area contributed by atoms with Gasteiger partial charge in [0.1, 0.15) is 0 Å². The quantitative estimate of drug-likeness (QED) is 0.0521. The molecule has 0 amide bonds. The van der Waals surface area contributed by atoms with Crippen molar-refractivity contribution in [3.8, 4) is 23.0 Å². The lowest BCUT2D eigenvalue weighted by atomic mass is 10.1. The van der Waals surface area contributed by atoms with E-state index in [4.69, 9.17) is 37.4 Å². The van der Waals surface area contributed by atoms with E-state index in [1.165, 1.54) is 32.4 Å². The van der Waals surface area contributed by atoms with Gasteiger partial charge in [-0.3, -0.25) is 14.4 Å². The molecule has 0 saturated carbocycles. The number of allylic oxidation sites excluding steroid dienone is 2. The molecule has 0 heterocycles. The first-order valence-electron chi connectivity index (χ1n) is 14.4. The van der Waals surface area contributed by atoms with Crippen LogP contribution in [0.25, 0.3) is 12.2 Å². The van der Waals surface area contributed by atoms with Crippen molar-refractivity contribution in [3.63, 3.8) is 0 Å². The van der Waals surface area contributed by atoms with Gasteiger partial charge in [0.2, 0.25) is 0 Å². The van der Waals surface area contributed by atoms with Crippen LogP contribution in [-0.2, 0) is 20.8 Å². The Hall–Kier alpha value is -4.27. The van der Waals surface area contributed by atoms with Crippen LogP contribution in [0.15, 0.2) is 72.8 Å². The molecule has 0 aliphatic rings. The molecule has 3 aromatic carbocycles. The van der Waals surface area contributed by atoms with Crippen molar-refractivity contribution in [1.29, 1.82) is 0 Å². The van der Waals surface area contributed by atoms with E-state index in [0.717, 1.165) is 30.8 Å². The predicted octanol–water partition coefficient (Wildman–Crippen LogP) is 6.88. The number of phenolic OH excluding ortho intramolecular Hbond substituents is 1. The number of nitrogens with zero attached hydrogens (tertiary/aromatic N) is 1. The minimum Gasteiger partial charge on any atom is -0.504 e. The molecule has 3 rings (SSSR count). The van der Waals surface area contributed by atoms with Crippen LogP contribution in [0.4, 0.5) is 5.69 Å². The van der Waals surface area contributed by atoms with Crippen molar-refractivity contribution in [2.45, 2.75) is 25.7 Å². The summed E-state index contributed by atoms with van der Waals surface area (Å²) in [6.45, 7) is 1.44. The number of aryl methyl sites for hydroxylation is 1. The maximum absolute atomic E-state index is 12.5. The number of anilines is 1. The Morgan fingerprint density at radius 2 is 1.36 bits per heavy atom. The molecule has 0 aliphatic carbocycles. The van der Waals surface area contributed by atoms with Gasteiger partial charge in [0.05, 0.1) is 20.6 Å². The minimum atomic E-state index is -0.379. The fourth-order valence-electron chi connectivity index (χ4n) is 4.40. The van der Waals surface area contributed by atoms with Crippen LogP contribution in [-0.4, -0.2) is 61.7 Å². The van der Waals surface area contributed by atoms with Crippen LogP contribution >= 0.6 is 23.2 Å². The molecule has 45 heavy (non-hydrogen) atoms. The number of methoxy groups -OCH3 is 2. The summed E-state index contributed by atoms with van der Waals surface area (Å²) in [5.74, 6) is 0.814. The molecule has 0 unspecified atom stereocenters. The molecule has 8 nitrogen and oxygen atoms in total. The molecule has 0 radical (unpaired) electrons. The van der Waals surface area contributed by atoms with Crippen LogP contribution < -0.4 is 19.1 Å². The molecule has 0 bridgehead atoms. The highest BCUT2D eigenvalue weighted by Crippen LogP contribution is 2.29. The second kappa shape index (κ2) is 18.5. The molecular weight excluding hydrogens is 617 g/mol. The van der Waals surface area contributed by atoms with E-state index >= 15 is 0 Å². The third kappa shape index (κ3) is 11.6. The van der Waals surface area contributed by atoms with Crippen molar-refractivity contribution >= 4 is 58.6 Å². The summed E-state index contributed by atoms with van der Waals surface area (Å²) in [5.41, 5.74) is 3.46. The number of benzene rings is 3. The van der Waals surface area contributed by atoms with Gasteiger partial charge in [-0.05, 0) is 78.1 Å². The van der Waals surface area contributed by atoms with Crippen LogP contribution in [0.5, 0.6) is 23.0 Å². The van der Waals surface area contributed by atoms with Crippen molar-refractivity contribution in [1.82, 2.24) is 0 Å². The lowest BCUT2D eigenvalue weighted by Crippen LogP contribution is -2.27. The molecule has 0 atom stereocenters. The number of halogens is 2. The van der Waals surface area contributed by atoms with Gasteiger partial charge >= 0.3 is 5.97 Å². The Balaban J connectivity index is 1.48. The molecular formula is C35H37Cl2NO7. The molecule has 1 N–H and O–H groups in total. The summed E-state index contributed by atoms with van der Waals surface area (Å²) in [5, 5.41) is 9.67. The fourth-order valence-corrected chi connectivity index (χ4v) is 4.80. The molecule has 0 fully saturated rings. The number of carbonyl (C=O) groups is 3. The highest BCUT2D eigenvalue weighted by Gasteiger charge is 2.12. The van der Waals surface area contributed by atoms with Gasteiger partial charge in [-0.25, -0.2) is 0 Å². The van der Waals surface area contributed by atoms with E-state index < -0.39 is 0 Å². The van der Waals surface area contributed by atoms with Crippen molar-refractivity contribution in [2.75, 3.05) is 44.0 Å². The Morgan fingerprint density at radius 3 is 1.93 bits per heavy atom. The van der Waals surface area contributed by atoms with Crippen LogP contribution in [0.2, 0.25) is 0 Å². The highest BCUT2D eigenvalue weighted by molar-refractivity contribution is 6.18. The first kappa shape index (κ1) is 35.2. The number of rotatable bonds is 18. The van der Waals surface area contributed by atoms with Crippen LogP contribution in [0, 0.1) is 0 Å². The number of hydrogen-bond donors (Lipinski definition) is 1. The van der Waals surface area contributed by atoms with Crippen LogP contribution in [0.1, 0.15) is 36.0 Å². The van der Waals surface area contributed by atoms with Gasteiger partial charge in [0, 0.05) is 37.0 Å². The largest absolute Gasteiger partial charge is 0.504 e. The number of esters is 1. The number of alkyl halides is 2. The molecule has 10 heteroatoms. The summed E-state index contributed by atoms with van der Waals surface area (Å²) in [6, 6.07) is 17.8. The van der Waals surface area contributed by atoms with Crippen molar-refractivity contribution < 1.29 is 33.7 Å². The van der Waals surface area contributed by atoms with E-state index in [2.05, 4.69) is 4.90 Å². The molecule has 0 aliphatic heterocycles. The molecule has 3 aromatic rings. The average Bonchev–Trinajstić information content (AvgIpc) is 3.04. The summed E-state index contributed by atoms with van der Waals surface area (Å²) in [4.78, 5) is 39.3. The lowest BCUT2D eigenvalue weighted by molar-refractivity contribution is -0.134. The van der Waals surface area contributed by atoms with E-state index in [-0.39, 0.29) is 47.6 Å². The summed E-state index contributed by atoms with van der Waals surface area (Å²) >= 11 is 11.8. The summed E-state index contributed by atoms with van der Waals surface area (Å²) in [6.07, 6.45) is 7.00. The van der Waals surface area contributed by atoms with Gasteiger partial charge in [-0.15, -0.1) is 23.2 Å². The summed E-state index contributed by atoms with van der Waals surface area (Å²) in [7, 11) is 2.89. The van der Waals surface area contributed by atoms with Gasteiger partial charge in [-0.1, -0.05) is 36.4 Å². The Labute approximate surface area is 273 Å². The minimum absolute atomic E-state index is 0.00714. The first-order chi connectivity index (χ1) is 21.8. The molecule has 0 spiro atoms. The monoisotopic (exact) mass is 653 g/mol. The number of carbonyl (C=O) groups excluding carboxylic acids is 3. The standard InChI is InChI=1S/C35H37Cl2NO7/c1-43-33-22-26(10-16-31(33)41)8-14-29(39)24-30(40)15-9-27-11-17-32(34(23-27)44-2)45-35(42)5-3-4-25-6-12-28(13-7-25)38(20-18-36)21-19-37/h6-17,22-23,41H,3-5,18-21,24H2,1-2H3. The number of ether oxygens (including phenoxy) is 3. The van der Waals surface area contributed by atoms with E-state index in [1.807, 2.05) is 24.3 Å². The zero-order chi connectivity index (χ0) is 32.6. The SMILES string of the molecule is COc1cc(C=CC(=O)CC(=O)C=Cc2ccc(OC(=O)CCCc3ccc(N(CCCl)CCCl)cc3)c(OC)c2)ccc1O. The lowest BCUT2D eigenvalue weighted by Gasteiger charge is -2.23. The third-order valence-electron chi connectivity index (χ3n) is 6.74. The average molecular weight is 655 g/mol. The van der Waals surface area contributed by atoms with Gasteiger partial charge in [0.15, 0.2) is 34.6 Å². The Morgan fingerprint density at radius 1 is 0.778 bits per heavy atom. The Kier molecular flexibility index (Phi) is 14.5. The number of aromatic hydroxyl groups is 1. The maximum atomic E-state index is 12.5. The van der Waals surface area contributed by atoms with Crippen LogP contribution in [0.3, 0.4) is 0 Å². The fraction of sp³-hybridized carbons (Fsp3) is 0.286. The zero-order valence-corrected chi connectivity index (χ0v) is 26.9. The zero-order valence-electron chi connectivity index (χ0n) is 25.3. The first-order valence-corrected chi connectivity index (χ1v) is 15.5. The topological polar surface area (TPSA) is 102 Å². The number of phenols is 1. The smallest absolute Gasteiger partial charge is 0.311 e. The van der Waals surface area contributed by atoms with E-state index in [0.29, 0.717) is 35.1 Å². The number of hydrogen-bond acceptors (Lipinski definition) is 8. The predicted molar refractivity (Wildman–Crippen MR) is 179 cm³/mol. The second-order valence-corrected chi connectivity index (χ2v) is 10.7. The van der Waals surface area contributed by atoms with Crippen molar-refractivity contribution in [3.05, 3.63) is 89.5 Å². The van der Waals surface area contributed by atoms with Crippen molar-refractivity contribution in [2.24, 2.45) is 0 Å². The number of ketones is 2. The van der Waals surface area contributed by atoms with E-state index in [9.17, 15) is 19.5 Å². The molecule has 0 saturated heterocycles. The van der Waals surface area contributed by atoms with E-state index in [1.54, 1.807) is 42.5 Å². The summed E-state index contributed by atoms with van der Waals surface area (Å²) < 4.78 is 16.0. The molecule has 238 valence electrons. The Bertz CT molecular complexity index is 1500. The normalized spacial score (nSPS) is 11.1.